The molecule has 0 spiro atoms. The predicted octanol–water partition coefficient (Wildman–Crippen LogP) is 4.57. The van der Waals surface area contributed by atoms with Gasteiger partial charge in [-0.25, -0.2) is 0 Å². The molecular weight excluding hydrogens is 306 g/mol. The van der Waals surface area contributed by atoms with E-state index in [1.165, 1.54) is 11.1 Å². The molecule has 0 aliphatic carbocycles. The van der Waals surface area contributed by atoms with Gasteiger partial charge in [0.1, 0.15) is 5.75 Å². The molecule has 0 bridgehead atoms. The summed E-state index contributed by atoms with van der Waals surface area (Å²) >= 11 is 1.78. The number of carbonyl (C=O) groups is 1. The van der Waals surface area contributed by atoms with Crippen molar-refractivity contribution in [2.75, 3.05) is 18.2 Å². The van der Waals surface area contributed by atoms with E-state index in [0.29, 0.717) is 13.0 Å². The topological polar surface area (TPSA) is 38.3 Å². The van der Waals surface area contributed by atoms with Crippen molar-refractivity contribution in [3.63, 3.8) is 0 Å². The van der Waals surface area contributed by atoms with Crippen molar-refractivity contribution in [1.29, 1.82) is 0 Å². The molecular formula is C19H23NO2S. The zero-order chi connectivity index (χ0) is 16.7. The fourth-order valence-corrected chi connectivity index (χ4v) is 2.73. The van der Waals surface area contributed by atoms with Gasteiger partial charge in [-0.2, -0.15) is 11.8 Å². The molecule has 0 aromatic heterocycles. The number of hydrogen-bond acceptors (Lipinski definition) is 3. The number of carbonyl (C=O) groups excluding carboxylic acids is 1. The monoisotopic (exact) mass is 329 g/mol. The van der Waals surface area contributed by atoms with Gasteiger partial charge in [-0.15, -0.1) is 0 Å². The molecule has 122 valence electrons. The Labute approximate surface area is 142 Å². The smallest absolute Gasteiger partial charge is 0.227 e. The number of hydrogen-bond donors (Lipinski definition) is 1. The summed E-state index contributed by atoms with van der Waals surface area (Å²) in [5.74, 6) is 1.80. The minimum atomic E-state index is -0.0343. The molecule has 2 aromatic rings. The van der Waals surface area contributed by atoms with Crippen LogP contribution < -0.4 is 10.1 Å². The van der Waals surface area contributed by atoms with Crippen molar-refractivity contribution in [2.45, 2.75) is 26.0 Å². The Balaban J connectivity index is 1.80. The van der Waals surface area contributed by atoms with Crippen LogP contribution in [0, 0.1) is 13.8 Å². The SMILES string of the molecule is CSCc1ccc(NC(=O)CCOc2cccc(C)c2C)cc1. The Morgan fingerprint density at radius 1 is 1.13 bits per heavy atom. The maximum absolute atomic E-state index is 12.0. The van der Waals surface area contributed by atoms with Crippen LogP contribution in [0.1, 0.15) is 23.1 Å². The van der Waals surface area contributed by atoms with Crippen molar-refractivity contribution in [2.24, 2.45) is 0 Å². The van der Waals surface area contributed by atoms with Gasteiger partial charge in [0, 0.05) is 11.4 Å². The number of amides is 1. The van der Waals surface area contributed by atoms with E-state index in [4.69, 9.17) is 4.74 Å². The molecule has 0 saturated heterocycles. The number of aryl methyl sites for hydroxylation is 1. The molecule has 2 rings (SSSR count). The van der Waals surface area contributed by atoms with Gasteiger partial charge in [-0.3, -0.25) is 4.79 Å². The van der Waals surface area contributed by atoms with Crippen molar-refractivity contribution in [3.05, 3.63) is 59.2 Å². The van der Waals surface area contributed by atoms with E-state index >= 15 is 0 Å². The highest BCUT2D eigenvalue weighted by Gasteiger charge is 2.05. The Morgan fingerprint density at radius 3 is 2.57 bits per heavy atom. The number of benzene rings is 2. The van der Waals surface area contributed by atoms with E-state index in [1.807, 2.05) is 43.3 Å². The second-order valence-electron chi connectivity index (χ2n) is 5.47. The number of ether oxygens (including phenoxy) is 1. The molecule has 1 N–H and O–H groups in total. The molecule has 0 atom stereocenters. The lowest BCUT2D eigenvalue weighted by Crippen LogP contribution is -2.15. The molecule has 23 heavy (non-hydrogen) atoms. The number of anilines is 1. The number of nitrogens with one attached hydrogen (secondary N) is 1. The quantitative estimate of drug-likeness (QED) is 0.808. The van der Waals surface area contributed by atoms with E-state index in [-0.39, 0.29) is 5.91 Å². The second kappa shape index (κ2) is 8.63. The van der Waals surface area contributed by atoms with Crippen LogP contribution in [0.2, 0.25) is 0 Å². The minimum Gasteiger partial charge on any atom is -0.493 e. The van der Waals surface area contributed by atoms with Crippen LogP contribution in [0.3, 0.4) is 0 Å². The summed E-state index contributed by atoms with van der Waals surface area (Å²) in [6.45, 7) is 4.46. The summed E-state index contributed by atoms with van der Waals surface area (Å²) in [5.41, 5.74) is 4.40. The third-order valence-corrected chi connectivity index (χ3v) is 4.31. The normalized spacial score (nSPS) is 10.4. The lowest BCUT2D eigenvalue weighted by Gasteiger charge is -2.11. The fraction of sp³-hybridized carbons (Fsp3) is 0.316. The van der Waals surface area contributed by atoms with E-state index in [0.717, 1.165) is 22.8 Å². The third kappa shape index (κ3) is 5.32. The first kappa shape index (κ1) is 17.4. The van der Waals surface area contributed by atoms with Crippen LogP contribution >= 0.6 is 11.8 Å². The molecule has 0 aliphatic heterocycles. The van der Waals surface area contributed by atoms with E-state index in [9.17, 15) is 4.79 Å². The fourth-order valence-electron chi connectivity index (χ4n) is 2.21. The highest BCUT2D eigenvalue weighted by Crippen LogP contribution is 2.20. The Hall–Kier alpha value is -1.94. The molecule has 0 radical (unpaired) electrons. The van der Waals surface area contributed by atoms with Gasteiger partial charge in [0.15, 0.2) is 0 Å². The minimum absolute atomic E-state index is 0.0343. The summed E-state index contributed by atoms with van der Waals surface area (Å²) in [6.07, 6.45) is 2.41. The summed E-state index contributed by atoms with van der Waals surface area (Å²) in [5, 5.41) is 2.90. The van der Waals surface area contributed by atoms with Crippen molar-refractivity contribution in [3.8, 4) is 5.75 Å². The van der Waals surface area contributed by atoms with Gasteiger partial charge in [0.2, 0.25) is 5.91 Å². The highest BCUT2D eigenvalue weighted by atomic mass is 32.2. The van der Waals surface area contributed by atoms with E-state index in [2.05, 4.69) is 24.6 Å². The molecule has 2 aromatic carbocycles. The maximum Gasteiger partial charge on any atom is 0.227 e. The lowest BCUT2D eigenvalue weighted by atomic mass is 10.1. The first-order valence-electron chi connectivity index (χ1n) is 7.67. The summed E-state index contributed by atoms with van der Waals surface area (Å²) < 4.78 is 5.71. The van der Waals surface area contributed by atoms with Gasteiger partial charge in [-0.1, -0.05) is 24.3 Å². The number of rotatable bonds is 7. The summed E-state index contributed by atoms with van der Waals surface area (Å²) in [6, 6.07) is 13.9. The predicted molar refractivity (Wildman–Crippen MR) is 98.3 cm³/mol. The molecule has 0 unspecified atom stereocenters. The Bertz CT molecular complexity index is 653. The zero-order valence-corrected chi connectivity index (χ0v) is 14.7. The van der Waals surface area contributed by atoms with Crippen molar-refractivity contribution in [1.82, 2.24) is 0 Å². The van der Waals surface area contributed by atoms with Crippen LogP contribution in [0.25, 0.3) is 0 Å². The molecule has 3 nitrogen and oxygen atoms in total. The molecule has 0 aliphatic rings. The zero-order valence-electron chi connectivity index (χ0n) is 13.9. The lowest BCUT2D eigenvalue weighted by molar-refractivity contribution is -0.116. The Kier molecular flexibility index (Phi) is 6.53. The molecule has 4 heteroatoms. The summed E-state index contributed by atoms with van der Waals surface area (Å²) in [7, 11) is 0. The van der Waals surface area contributed by atoms with Crippen LogP contribution in [0.4, 0.5) is 5.69 Å². The van der Waals surface area contributed by atoms with Gasteiger partial charge in [-0.05, 0) is 55.0 Å². The van der Waals surface area contributed by atoms with Gasteiger partial charge in [0.25, 0.3) is 0 Å². The van der Waals surface area contributed by atoms with Crippen molar-refractivity contribution < 1.29 is 9.53 Å². The standard InChI is InChI=1S/C19H23NO2S/c1-14-5-4-6-18(15(14)2)22-12-11-19(21)20-17-9-7-16(8-10-17)13-23-3/h4-10H,11-13H2,1-3H3,(H,20,21). The first-order chi connectivity index (χ1) is 11.1. The van der Waals surface area contributed by atoms with Crippen molar-refractivity contribution >= 4 is 23.4 Å². The molecule has 0 fully saturated rings. The molecule has 1 amide bonds. The van der Waals surface area contributed by atoms with E-state index in [1.54, 1.807) is 11.8 Å². The van der Waals surface area contributed by atoms with Gasteiger partial charge in [0.05, 0.1) is 13.0 Å². The largest absolute Gasteiger partial charge is 0.493 e. The third-order valence-electron chi connectivity index (χ3n) is 3.69. The second-order valence-corrected chi connectivity index (χ2v) is 6.34. The van der Waals surface area contributed by atoms with Gasteiger partial charge >= 0.3 is 0 Å². The van der Waals surface area contributed by atoms with E-state index < -0.39 is 0 Å². The molecule has 0 heterocycles. The Morgan fingerprint density at radius 2 is 1.87 bits per heavy atom. The van der Waals surface area contributed by atoms with Crippen LogP contribution in [0.5, 0.6) is 5.75 Å². The summed E-state index contributed by atoms with van der Waals surface area (Å²) in [4.78, 5) is 12.0. The number of thioether (sulfide) groups is 1. The van der Waals surface area contributed by atoms with Crippen LogP contribution in [-0.4, -0.2) is 18.8 Å². The highest BCUT2D eigenvalue weighted by molar-refractivity contribution is 7.97. The average molecular weight is 329 g/mol. The van der Waals surface area contributed by atoms with Gasteiger partial charge < -0.3 is 10.1 Å². The first-order valence-corrected chi connectivity index (χ1v) is 9.06. The van der Waals surface area contributed by atoms with Crippen LogP contribution in [0.15, 0.2) is 42.5 Å². The molecule has 0 saturated carbocycles. The maximum atomic E-state index is 12.0. The average Bonchev–Trinajstić information content (AvgIpc) is 2.54. The van der Waals surface area contributed by atoms with Crippen LogP contribution in [-0.2, 0) is 10.5 Å².